The number of nitrogens with one attached hydrogen (secondary N) is 1. The zero-order valence-electron chi connectivity index (χ0n) is 14.6. The number of rotatable bonds is 5. The van der Waals surface area contributed by atoms with Crippen LogP contribution in [0, 0.1) is 5.92 Å². The van der Waals surface area contributed by atoms with Gasteiger partial charge in [-0.05, 0) is 32.2 Å². The van der Waals surface area contributed by atoms with E-state index in [0.717, 1.165) is 19.4 Å². The van der Waals surface area contributed by atoms with Crippen LogP contribution in [0.2, 0.25) is 0 Å². The molecule has 3 rings (SSSR count). The van der Waals surface area contributed by atoms with Crippen LogP contribution in [0.1, 0.15) is 39.0 Å². The molecule has 0 spiro atoms. The number of fused-ring (bicyclic) bond motifs is 1. The Morgan fingerprint density at radius 3 is 2.68 bits per heavy atom. The van der Waals surface area contributed by atoms with E-state index in [9.17, 15) is 19.2 Å². The van der Waals surface area contributed by atoms with Crippen LogP contribution in [0.3, 0.4) is 0 Å². The molecule has 0 aromatic carbocycles. The minimum atomic E-state index is -0.526. The highest BCUT2D eigenvalue weighted by atomic mass is 16.2. The van der Waals surface area contributed by atoms with E-state index < -0.39 is 11.9 Å². The van der Waals surface area contributed by atoms with E-state index in [1.807, 2.05) is 0 Å². The third-order valence-electron chi connectivity index (χ3n) is 5.66. The van der Waals surface area contributed by atoms with Crippen LogP contribution >= 0.6 is 0 Å². The Kier molecular flexibility index (Phi) is 5.08. The first-order valence-electron chi connectivity index (χ1n) is 9.05. The van der Waals surface area contributed by atoms with E-state index in [0.29, 0.717) is 19.4 Å². The SMILES string of the molecule is CC(CCC(=O)N1CCC2C1C(=O)CN2C(=O)C1CCCN1)C(N)=O. The zero-order valence-corrected chi connectivity index (χ0v) is 14.6. The van der Waals surface area contributed by atoms with E-state index >= 15 is 0 Å². The molecule has 3 aliphatic heterocycles. The number of likely N-dealkylation sites (tertiary alicyclic amines) is 2. The third kappa shape index (κ3) is 3.40. The van der Waals surface area contributed by atoms with Gasteiger partial charge in [-0.3, -0.25) is 19.2 Å². The third-order valence-corrected chi connectivity index (χ3v) is 5.66. The Morgan fingerprint density at radius 1 is 1.28 bits per heavy atom. The van der Waals surface area contributed by atoms with Gasteiger partial charge in [0.2, 0.25) is 17.7 Å². The quantitative estimate of drug-likeness (QED) is 0.662. The monoisotopic (exact) mass is 350 g/mol. The number of Topliss-reactive ketones (excluding diaryl/α,β-unsaturated/α-hetero) is 1. The van der Waals surface area contributed by atoms with Crippen LogP contribution in [0.4, 0.5) is 0 Å². The first-order valence-corrected chi connectivity index (χ1v) is 9.05. The number of hydrogen-bond donors (Lipinski definition) is 2. The molecule has 8 heteroatoms. The normalized spacial score (nSPS) is 29.8. The minimum absolute atomic E-state index is 0.0185. The molecule has 0 saturated carbocycles. The number of carbonyl (C=O) groups is 4. The average Bonchev–Trinajstić information content (AvgIpc) is 3.29. The number of hydrogen-bond acceptors (Lipinski definition) is 5. The number of nitrogens with two attached hydrogens (primary N) is 1. The van der Waals surface area contributed by atoms with Gasteiger partial charge in [-0.2, -0.15) is 0 Å². The van der Waals surface area contributed by atoms with Gasteiger partial charge in [-0.15, -0.1) is 0 Å². The predicted molar refractivity (Wildman–Crippen MR) is 89.2 cm³/mol. The van der Waals surface area contributed by atoms with E-state index in [1.165, 1.54) is 0 Å². The van der Waals surface area contributed by atoms with E-state index in [-0.39, 0.29) is 48.6 Å². The standard InChI is InChI=1S/C17H26N4O4/c1-10(16(18)24)4-5-14(23)20-8-6-12-15(20)13(22)9-21(12)17(25)11-3-2-7-19-11/h10-12,15,19H,2-9H2,1H3,(H2,18,24). The molecule has 0 aromatic rings. The maximum absolute atomic E-state index is 12.7. The molecular weight excluding hydrogens is 324 g/mol. The average molecular weight is 350 g/mol. The second kappa shape index (κ2) is 7.11. The maximum Gasteiger partial charge on any atom is 0.240 e. The number of nitrogens with zero attached hydrogens (tertiary/aromatic N) is 2. The number of primary amides is 1. The van der Waals surface area contributed by atoms with Gasteiger partial charge in [-0.1, -0.05) is 6.92 Å². The summed E-state index contributed by atoms with van der Waals surface area (Å²) in [6, 6.07) is -0.936. The van der Waals surface area contributed by atoms with Crippen LogP contribution in [-0.2, 0) is 19.2 Å². The Balaban J connectivity index is 1.63. The van der Waals surface area contributed by atoms with Crippen LogP contribution in [-0.4, -0.2) is 71.1 Å². The van der Waals surface area contributed by atoms with Gasteiger partial charge >= 0.3 is 0 Å². The fourth-order valence-electron chi connectivity index (χ4n) is 4.11. The Morgan fingerprint density at radius 2 is 2.04 bits per heavy atom. The largest absolute Gasteiger partial charge is 0.369 e. The van der Waals surface area contributed by atoms with Crippen LogP contribution < -0.4 is 11.1 Å². The number of amides is 3. The lowest BCUT2D eigenvalue weighted by molar-refractivity contribution is -0.136. The van der Waals surface area contributed by atoms with Crippen molar-refractivity contribution in [3.05, 3.63) is 0 Å². The highest BCUT2D eigenvalue weighted by Crippen LogP contribution is 2.31. The van der Waals surface area contributed by atoms with Crippen molar-refractivity contribution in [1.29, 1.82) is 0 Å². The lowest BCUT2D eigenvalue weighted by Crippen LogP contribution is -2.47. The summed E-state index contributed by atoms with van der Waals surface area (Å²) in [5, 5.41) is 3.18. The molecule has 0 bridgehead atoms. The van der Waals surface area contributed by atoms with Crippen molar-refractivity contribution in [2.24, 2.45) is 11.7 Å². The molecule has 3 fully saturated rings. The maximum atomic E-state index is 12.7. The summed E-state index contributed by atoms with van der Waals surface area (Å²) in [5.74, 6) is -1.01. The molecule has 3 saturated heterocycles. The van der Waals surface area contributed by atoms with Crippen molar-refractivity contribution in [2.45, 2.75) is 57.2 Å². The summed E-state index contributed by atoms with van der Waals surface area (Å²) in [6.07, 6.45) is 2.97. The van der Waals surface area contributed by atoms with Crippen molar-refractivity contribution in [3.8, 4) is 0 Å². The fourth-order valence-corrected chi connectivity index (χ4v) is 4.11. The molecule has 3 amide bonds. The summed E-state index contributed by atoms with van der Waals surface area (Å²) < 4.78 is 0. The molecule has 3 heterocycles. The van der Waals surface area contributed by atoms with Crippen LogP contribution in [0.5, 0.6) is 0 Å². The number of ketones is 1. The molecule has 25 heavy (non-hydrogen) atoms. The smallest absolute Gasteiger partial charge is 0.240 e. The molecule has 0 aromatic heterocycles. The Bertz CT molecular complexity index is 587. The topological polar surface area (TPSA) is 113 Å². The summed E-state index contributed by atoms with van der Waals surface area (Å²) in [5.41, 5.74) is 5.23. The van der Waals surface area contributed by atoms with Crippen molar-refractivity contribution in [3.63, 3.8) is 0 Å². The van der Waals surface area contributed by atoms with Crippen LogP contribution in [0.25, 0.3) is 0 Å². The first kappa shape index (κ1) is 17.8. The van der Waals surface area contributed by atoms with Gasteiger partial charge in [0.05, 0.1) is 18.6 Å². The lowest BCUT2D eigenvalue weighted by atomic mass is 10.0. The van der Waals surface area contributed by atoms with Gasteiger partial charge < -0.3 is 20.9 Å². The summed E-state index contributed by atoms with van der Waals surface area (Å²) in [7, 11) is 0. The van der Waals surface area contributed by atoms with E-state index in [4.69, 9.17) is 5.73 Å². The highest BCUT2D eigenvalue weighted by Gasteiger charge is 2.52. The van der Waals surface area contributed by atoms with Crippen molar-refractivity contribution >= 4 is 23.5 Å². The first-order chi connectivity index (χ1) is 11.9. The number of carbonyl (C=O) groups excluding carboxylic acids is 4. The second-order valence-corrected chi connectivity index (χ2v) is 7.31. The van der Waals surface area contributed by atoms with Crippen molar-refractivity contribution < 1.29 is 19.2 Å². The van der Waals surface area contributed by atoms with Gasteiger partial charge in [0.15, 0.2) is 5.78 Å². The Labute approximate surface area is 147 Å². The highest BCUT2D eigenvalue weighted by molar-refractivity contribution is 5.98. The minimum Gasteiger partial charge on any atom is -0.369 e. The summed E-state index contributed by atoms with van der Waals surface area (Å²) >= 11 is 0. The molecule has 138 valence electrons. The second-order valence-electron chi connectivity index (χ2n) is 7.31. The molecule has 4 unspecified atom stereocenters. The summed E-state index contributed by atoms with van der Waals surface area (Å²) in [6.45, 7) is 3.09. The predicted octanol–water partition coefficient (Wildman–Crippen LogP) is -0.979. The zero-order chi connectivity index (χ0) is 18.1. The molecule has 3 N–H and O–H groups in total. The molecule has 3 aliphatic rings. The molecule has 4 atom stereocenters. The summed E-state index contributed by atoms with van der Waals surface area (Å²) in [4.78, 5) is 52.0. The van der Waals surface area contributed by atoms with E-state index in [2.05, 4.69) is 5.32 Å². The molecule has 0 radical (unpaired) electrons. The van der Waals surface area contributed by atoms with Gasteiger partial charge in [0, 0.05) is 18.9 Å². The molecular formula is C17H26N4O4. The van der Waals surface area contributed by atoms with Gasteiger partial charge in [0.25, 0.3) is 0 Å². The van der Waals surface area contributed by atoms with Gasteiger partial charge in [0.1, 0.15) is 6.04 Å². The van der Waals surface area contributed by atoms with Crippen molar-refractivity contribution in [2.75, 3.05) is 19.6 Å². The fraction of sp³-hybridized carbons (Fsp3) is 0.765. The van der Waals surface area contributed by atoms with E-state index in [1.54, 1.807) is 16.7 Å². The van der Waals surface area contributed by atoms with Gasteiger partial charge in [-0.25, -0.2) is 0 Å². The lowest BCUT2D eigenvalue weighted by Gasteiger charge is -2.26. The molecule has 0 aliphatic carbocycles. The molecule has 8 nitrogen and oxygen atoms in total. The van der Waals surface area contributed by atoms with Crippen molar-refractivity contribution in [1.82, 2.24) is 15.1 Å². The van der Waals surface area contributed by atoms with Crippen LogP contribution in [0.15, 0.2) is 0 Å². The Hall–Kier alpha value is -1.96.